The Bertz CT molecular complexity index is 692. The van der Waals surface area contributed by atoms with Crippen LogP contribution in [0.5, 0.6) is 5.75 Å². The van der Waals surface area contributed by atoms with Crippen molar-refractivity contribution in [3.8, 4) is 5.75 Å². The maximum absolute atomic E-state index is 13.4. The van der Waals surface area contributed by atoms with Crippen LogP contribution in [0.15, 0.2) is 48.5 Å². The smallest absolute Gasteiger partial charge is 0.272 e. The summed E-state index contributed by atoms with van der Waals surface area (Å²) in [6, 6.07) is 13.2. The van der Waals surface area contributed by atoms with Gasteiger partial charge in [-0.3, -0.25) is 15.6 Å². The number of nitrogens with one attached hydrogen (secondary N) is 3. The minimum atomic E-state index is -0.600. The second kappa shape index (κ2) is 8.09. The zero-order valence-corrected chi connectivity index (χ0v) is 13.2. The quantitative estimate of drug-likeness (QED) is 0.591. The molecule has 0 saturated heterocycles. The normalized spacial score (nSPS) is 9.83. The summed E-state index contributed by atoms with van der Waals surface area (Å²) < 4.78 is 18.5. The highest BCUT2D eigenvalue weighted by molar-refractivity contribution is 7.80. The number of thiocarbonyl (C=S) groups is 1. The van der Waals surface area contributed by atoms with E-state index in [2.05, 4.69) is 16.2 Å². The number of ether oxygens (including phenoxy) is 1. The Balaban J connectivity index is 1.78. The van der Waals surface area contributed by atoms with Crippen molar-refractivity contribution in [1.82, 2.24) is 16.2 Å². The molecule has 7 heteroatoms. The number of rotatable bonds is 4. The van der Waals surface area contributed by atoms with E-state index < -0.39 is 11.7 Å². The van der Waals surface area contributed by atoms with Crippen LogP contribution in [0.1, 0.15) is 15.9 Å². The molecule has 0 unspecified atom stereocenters. The van der Waals surface area contributed by atoms with Gasteiger partial charge in [0.25, 0.3) is 5.91 Å². The molecule has 0 aliphatic rings. The van der Waals surface area contributed by atoms with Gasteiger partial charge in [0.1, 0.15) is 11.6 Å². The van der Waals surface area contributed by atoms with E-state index in [1.54, 1.807) is 13.2 Å². The first kappa shape index (κ1) is 16.7. The molecule has 120 valence electrons. The Morgan fingerprint density at radius 2 is 1.83 bits per heavy atom. The standard InChI is InChI=1S/C16H16FN3O2S/c1-22-12-8-6-11(7-9-12)10-18-16(23)20-19-15(21)13-4-2-3-5-14(13)17/h2-9H,10H2,1H3,(H,19,21)(H2,18,20,23). The van der Waals surface area contributed by atoms with Crippen LogP contribution in [-0.2, 0) is 6.54 Å². The van der Waals surface area contributed by atoms with Crippen molar-refractivity contribution in [2.45, 2.75) is 6.54 Å². The summed E-state index contributed by atoms with van der Waals surface area (Å²) in [5.74, 6) is -0.424. The number of methoxy groups -OCH3 is 1. The van der Waals surface area contributed by atoms with Crippen LogP contribution in [0.3, 0.4) is 0 Å². The molecule has 2 aromatic rings. The molecular formula is C16H16FN3O2S. The van der Waals surface area contributed by atoms with Crippen molar-refractivity contribution in [3.05, 3.63) is 65.5 Å². The van der Waals surface area contributed by atoms with E-state index in [9.17, 15) is 9.18 Å². The molecule has 0 saturated carbocycles. The fourth-order valence-corrected chi connectivity index (χ4v) is 1.92. The Hall–Kier alpha value is -2.67. The van der Waals surface area contributed by atoms with Gasteiger partial charge in [-0.2, -0.15) is 0 Å². The Morgan fingerprint density at radius 1 is 1.13 bits per heavy atom. The summed E-state index contributed by atoms with van der Waals surface area (Å²) in [5, 5.41) is 3.16. The van der Waals surface area contributed by atoms with Crippen LogP contribution < -0.4 is 20.9 Å². The molecule has 0 fully saturated rings. The zero-order chi connectivity index (χ0) is 16.7. The van der Waals surface area contributed by atoms with Crippen LogP contribution in [0.2, 0.25) is 0 Å². The van der Waals surface area contributed by atoms with E-state index in [-0.39, 0.29) is 10.7 Å². The lowest BCUT2D eigenvalue weighted by Gasteiger charge is -2.12. The fourth-order valence-electron chi connectivity index (χ4n) is 1.80. The topological polar surface area (TPSA) is 62.4 Å². The second-order valence-electron chi connectivity index (χ2n) is 4.59. The summed E-state index contributed by atoms with van der Waals surface area (Å²) in [4.78, 5) is 11.8. The molecule has 0 radical (unpaired) electrons. The fraction of sp³-hybridized carbons (Fsp3) is 0.125. The van der Waals surface area contributed by atoms with Gasteiger partial charge in [-0.05, 0) is 42.0 Å². The highest BCUT2D eigenvalue weighted by atomic mass is 32.1. The molecule has 0 bridgehead atoms. The average molecular weight is 333 g/mol. The van der Waals surface area contributed by atoms with Crippen LogP contribution >= 0.6 is 12.2 Å². The van der Waals surface area contributed by atoms with Crippen LogP contribution in [-0.4, -0.2) is 18.1 Å². The molecule has 2 rings (SSSR count). The first-order valence-corrected chi connectivity index (χ1v) is 7.22. The highest BCUT2D eigenvalue weighted by Crippen LogP contribution is 2.10. The van der Waals surface area contributed by atoms with Crippen LogP contribution in [0, 0.1) is 5.82 Å². The first-order chi connectivity index (χ1) is 11.1. The number of hydrazine groups is 1. The third kappa shape index (κ3) is 4.93. The van der Waals surface area contributed by atoms with Crippen molar-refractivity contribution in [3.63, 3.8) is 0 Å². The van der Waals surface area contributed by atoms with Crippen molar-refractivity contribution in [2.75, 3.05) is 7.11 Å². The third-order valence-electron chi connectivity index (χ3n) is 3.02. The molecule has 3 N–H and O–H groups in total. The highest BCUT2D eigenvalue weighted by Gasteiger charge is 2.10. The average Bonchev–Trinajstić information content (AvgIpc) is 2.58. The van der Waals surface area contributed by atoms with Crippen LogP contribution in [0.25, 0.3) is 0 Å². The van der Waals surface area contributed by atoms with Gasteiger partial charge in [0.05, 0.1) is 12.7 Å². The lowest BCUT2D eigenvalue weighted by Crippen LogP contribution is -2.46. The van der Waals surface area contributed by atoms with E-state index in [1.165, 1.54) is 18.2 Å². The Morgan fingerprint density at radius 3 is 2.48 bits per heavy atom. The number of hydrogen-bond donors (Lipinski definition) is 3. The largest absolute Gasteiger partial charge is 0.497 e. The van der Waals surface area contributed by atoms with E-state index >= 15 is 0 Å². The van der Waals surface area contributed by atoms with Crippen molar-refractivity contribution >= 4 is 23.2 Å². The number of benzene rings is 2. The summed E-state index contributed by atoms with van der Waals surface area (Å²) in [6.07, 6.45) is 0. The van der Waals surface area contributed by atoms with Crippen molar-refractivity contribution in [1.29, 1.82) is 0 Å². The molecule has 5 nitrogen and oxygen atoms in total. The summed E-state index contributed by atoms with van der Waals surface area (Å²) in [5.41, 5.74) is 5.81. The van der Waals surface area contributed by atoms with Gasteiger partial charge in [-0.1, -0.05) is 24.3 Å². The third-order valence-corrected chi connectivity index (χ3v) is 3.27. The van der Waals surface area contributed by atoms with E-state index in [0.717, 1.165) is 11.3 Å². The maximum atomic E-state index is 13.4. The van der Waals surface area contributed by atoms with Gasteiger partial charge in [-0.15, -0.1) is 0 Å². The van der Waals surface area contributed by atoms with E-state index in [4.69, 9.17) is 17.0 Å². The predicted octanol–water partition coefficient (Wildman–Crippen LogP) is 2.14. The molecule has 23 heavy (non-hydrogen) atoms. The van der Waals surface area contributed by atoms with Gasteiger partial charge in [-0.25, -0.2) is 4.39 Å². The van der Waals surface area contributed by atoms with Gasteiger partial charge in [0.2, 0.25) is 0 Å². The van der Waals surface area contributed by atoms with Gasteiger partial charge < -0.3 is 10.1 Å². The number of hydrogen-bond acceptors (Lipinski definition) is 3. The van der Waals surface area contributed by atoms with Gasteiger partial charge in [0, 0.05) is 6.54 Å². The van der Waals surface area contributed by atoms with Crippen LogP contribution in [0.4, 0.5) is 4.39 Å². The SMILES string of the molecule is COc1ccc(CNC(=S)NNC(=O)c2ccccc2F)cc1. The monoisotopic (exact) mass is 333 g/mol. The Kier molecular flexibility index (Phi) is 5.87. The maximum Gasteiger partial charge on any atom is 0.272 e. The predicted molar refractivity (Wildman–Crippen MR) is 89.4 cm³/mol. The first-order valence-electron chi connectivity index (χ1n) is 6.82. The molecule has 0 aliphatic carbocycles. The Labute approximate surface area is 138 Å². The second-order valence-corrected chi connectivity index (χ2v) is 5.00. The summed E-state index contributed by atoms with van der Waals surface area (Å²) >= 11 is 5.05. The number of carbonyl (C=O) groups excluding carboxylic acids is 1. The summed E-state index contributed by atoms with van der Waals surface area (Å²) in [6.45, 7) is 0.478. The lowest BCUT2D eigenvalue weighted by molar-refractivity contribution is 0.0939. The number of halogens is 1. The molecule has 0 spiro atoms. The number of carbonyl (C=O) groups is 1. The van der Waals surface area contributed by atoms with Crippen molar-refractivity contribution < 1.29 is 13.9 Å². The molecular weight excluding hydrogens is 317 g/mol. The molecule has 0 atom stereocenters. The zero-order valence-electron chi connectivity index (χ0n) is 12.4. The minimum absolute atomic E-state index is 0.0574. The molecule has 1 amide bonds. The van der Waals surface area contributed by atoms with E-state index in [1.807, 2.05) is 24.3 Å². The lowest BCUT2D eigenvalue weighted by atomic mass is 10.2. The van der Waals surface area contributed by atoms with E-state index in [0.29, 0.717) is 6.54 Å². The molecule has 0 heterocycles. The molecule has 0 aromatic heterocycles. The minimum Gasteiger partial charge on any atom is -0.497 e. The van der Waals surface area contributed by atoms with Gasteiger partial charge >= 0.3 is 0 Å². The van der Waals surface area contributed by atoms with Gasteiger partial charge in [0.15, 0.2) is 5.11 Å². The molecule has 0 aliphatic heterocycles. The number of amides is 1. The van der Waals surface area contributed by atoms with Crippen molar-refractivity contribution in [2.24, 2.45) is 0 Å². The summed E-state index contributed by atoms with van der Waals surface area (Å²) in [7, 11) is 1.60. The molecule has 2 aromatic carbocycles.